The summed E-state index contributed by atoms with van der Waals surface area (Å²) >= 11 is 3.56. The molecule has 1 unspecified atom stereocenters. The molecule has 3 nitrogen and oxygen atoms in total. The zero-order valence-electron chi connectivity index (χ0n) is 10.5. The number of anilines is 2. The molecule has 0 aromatic carbocycles. The molecule has 1 atom stereocenters. The highest BCUT2D eigenvalue weighted by Crippen LogP contribution is 2.32. The van der Waals surface area contributed by atoms with E-state index in [0.29, 0.717) is 6.04 Å². The first kappa shape index (κ1) is 12.7. The van der Waals surface area contributed by atoms with E-state index in [0.717, 1.165) is 27.5 Å². The SMILES string of the molecule is Cc1c(N)cnc(NC(C)C2CCCC2)c1Br. The molecule has 3 N–H and O–H groups in total. The first-order valence-corrected chi connectivity index (χ1v) is 7.06. The van der Waals surface area contributed by atoms with Gasteiger partial charge in [0.1, 0.15) is 5.82 Å². The number of nitrogens with two attached hydrogens (primary N) is 1. The molecule has 1 aromatic heterocycles. The molecule has 0 saturated heterocycles. The molecule has 0 amide bonds. The van der Waals surface area contributed by atoms with Crippen molar-refractivity contribution in [1.29, 1.82) is 0 Å². The Hall–Kier alpha value is -0.770. The molecule has 0 bridgehead atoms. The van der Waals surface area contributed by atoms with E-state index in [1.54, 1.807) is 6.20 Å². The number of rotatable bonds is 3. The molecule has 1 fully saturated rings. The van der Waals surface area contributed by atoms with Gasteiger partial charge in [-0.1, -0.05) is 12.8 Å². The van der Waals surface area contributed by atoms with Crippen LogP contribution in [0.1, 0.15) is 38.2 Å². The molecule has 0 radical (unpaired) electrons. The molecule has 0 spiro atoms. The minimum Gasteiger partial charge on any atom is -0.397 e. The van der Waals surface area contributed by atoms with Crippen molar-refractivity contribution in [2.24, 2.45) is 5.92 Å². The predicted octanol–water partition coefficient (Wildman–Crippen LogP) is 3.73. The zero-order valence-corrected chi connectivity index (χ0v) is 12.0. The lowest BCUT2D eigenvalue weighted by molar-refractivity contribution is 0.481. The Morgan fingerprint density at radius 2 is 2.12 bits per heavy atom. The zero-order chi connectivity index (χ0) is 12.4. The first-order chi connectivity index (χ1) is 8.09. The lowest BCUT2D eigenvalue weighted by Crippen LogP contribution is -2.24. The molecule has 17 heavy (non-hydrogen) atoms. The van der Waals surface area contributed by atoms with Crippen molar-refractivity contribution in [3.63, 3.8) is 0 Å². The van der Waals surface area contributed by atoms with Crippen LogP contribution in [0.15, 0.2) is 10.7 Å². The molecule has 94 valence electrons. The number of hydrogen-bond donors (Lipinski definition) is 2. The highest BCUT2D eigenvalue weighted by molar-refractivity contribution is 9.10. The maximum atomic E-state index is 5.82. The highest BCUT2D eigenvalue weighted by atomic mass is 79.9. The van der Waals surface area contributed by atoms with Gasteiger partial charge in [0, 0.05) is 6.04 Å². The number of nitrogen functional groups attached to an aromatic ring is 1. The van der Waals surface area contributed by atoms with Crippen molar-refractivity contribution in [3.05, 3.63) is 16.2 Å². The van der Waals surface area contributed by atoms with Crippen molar-refractivity contribution >= 4 is 27.4 Å². The quantitative estimate of drug-likeness (QED) is 0.894. The van der Waals surface area contributed by atoms with E-state index in [1.807, 2.05) is 6.92 Å². The molecule has 4 heteroatoms. The largest absolute Gasteiger partial charge is 0.397 e. The van der Waals surface area contributed by atoms with E-state index in [4.69, 9.17) is 5.73 Å². The van der Waals surface area contributed by atoms with Crippen LogP contribution in [-0.2, 0) is 0 Å². The van der Waals surface area contributed by atoms with E-state index in [2.05, 4.69) is 33.2 Å². The Morgan fingerprint density at radius 3 is 2.76 bits per heavy atom. The number of pyridine rings is 1. The fourth-order valence-corrected chi connectivity index (χ4v) is 2.93. The summed E-state index contributed by atoms with van der Waals surface area (Å²) in [5.74, 6) is 1.69. The number of halogens is 1. The van der Waals surface area contributed by atoms with E-state index in [-0.39, 0.29) is 0 Å². The van der Waals surface area contributed by atoms with Gasteiger partial charge in [0.15, 0.2) is 0 Å². The lowest BCUT2D eigenvalue weighted by atomic mass is 10.00. The van der Waals surface area contributed by atoms with Gasteiger partial charge in [-0.3, -0.25) is 0 Å². The van der Waals surface area contributed by atoms with Crippen LogP contribution in [0.5, 0.6) is 0 Å². The Labute approximate surface area is 111 Å². The van der Waals surface area contributed by atoms with Gasteiger partial charge in [0.2, 0.25) is 0 Å². The normalized spacial score (nSPS) is 18.3. The fraction of sp³-hybridized carbons (Fsp3) is 0.615. The van der Waals surface area contributed by atoms with E-state index in [9.17, 15) is 0 Å². The predicted molar refractivity (Wildman–Crippen MR) is 76.1 cm³/mol. The summed E-state index contributed by atoms with van der Waals surface area (Å²) in [5.41, 5.74) is 7.61. The maximum Gasteiger partial charge on any atom is 0.140 e. The third-order valence-electron chi connectivity index (χ3n) is 3.77. The van der Waals surface area contributed by atoms with E-state index in [1.165, 1.54) is 25.7 Å². The van der Waals surface area contributed by atoms with Crippen molar-refractivity contribution < 1.29 is 0 Å². The van der Waals surface area contributed by atoms with Crippen molar-refractivity contribution in [2.45, 2.75) is 45.6 Å². The average molecular weight is 298 g/mol. The van der Waals surface area contributed by atoms with Gasteiger partial charge in [0.05, 0.1) is 16.4 Å². The minimum atomic E-state index is 0.476. The van der Waals surface area contributed by atoms with Crippen LogP contribution >= 0.6 is 15.9 Å². The van der Waals surface area contributed by atoms with Crippen molar-refractivity contribution in [1.82, 2.24) is 4.98 Å². The minimum absolute atomic E-state index is 0.476. The van der Waals surface area contributed by atoms with Crippen LogP contribution in [0, 0.1) is 12.8 Å². The van der Waals surface area contributed by atoms with Crippen LogP contribution in [-0.4, -0.2) is 11.0 Å². The Balaban J connectivity index is 2.10. The highest BCUT2D eigenvalue weighted by Gasteiger charge is 2.22. The second-order valence-corrected chi connectivity index (χ2v) is 5.77. The smallest absolute Gasteiger partial charge is 0.140 e. The second-order valence-electron chi connectivity index (χ2n) is 4.98. The van der Waals surface area contributed by atoms with Gasteiger partial charge in [0.25, 0.3) is 0 Å². The summed E-state index contributed by atoms with van der Waals surface area (Å²) in [4.78, 5) is 4.37. The summed E-state index contributed by atoms with van der Waals surface area (Å²) in [6.45, 7) is 4.25. The van der Waals surface area contributed by atoms with Gasteiger partial charge >= 0.3 is 0 Å². The number of nitrogens with zero attached hydrogens (tertiary/aromatic N) is 1. The van der Waals surface area contributed by atoms with Gasteiger partial charge < -0.3 is 11.1 Å². The molecule has 1 heterocycles. The summed E-state index contributed by atoms with van der Waals surface area (Å²) in [6, 6.07) is 0.476. The van der Waals surface area contributed by atoms with Crippen LogP contribution in [0.4, 0.5) is 11.5 Å². The first-order valence-electron chi connectivity index (χ1n) is 6.26. The summed E-state index contributed by atoms with van der Waals surface area (Å²) in [5, 5.41) is 3.51. The monoisotopic (exact) mass is 297 g/mol. The topological polar surface area (TPSA) is 50.9 Å². The van der Waals surface area contributed by atoms with Gasteiger partial charge in [-0.25, -0.2) is 4.98 Å². The maximum absolute atomic E-state index is 5.82. The Morgan fingerprint density at radius 1 is 1.47 bits per heavy atom. The van der Waals surface area contributed by atoms with Crippen LogP contribution in [0.2, 0.25) is 0 Å². The van der Waals surface area contributed by atoms with Gasteiger partial charge in [-0.05, 0) is 54.1 Å². The third kappa shape index (κ3) is 2.73. The van der Waals surface area contributed by atoms with Gasteiger partial charge in [-0.2, -0.15) is 0 Å². The number of hydrogen-bond acceptors (Lipinski definition) is 3. The summed E-state index contributed by atoms with van der Waals surface area (Å²) < 4.78 is 0.988. The molecule has 2 rings (SSSR count). The molecule has 0 aliphatic heterocycles. The molecule has 1 saturated carbocycles. The summed E-state index contributed by atoms with van der Waals surface area (Å²) in [6.07, 6.45) is 7.13. The average Bonchev–Trinajstić information content (AvgIpc) is 2.83. The van der Waals surface area contributed by atoms with Crippen LogP contribution in [0.25, 0.3) is 0 Å². The van der Waals surface area contributed by atoms with Crippen molar-refractivity contribution in [3.8, 4) is 0 Å². The van der Waals surface area contributed by atoms with Gasteiger partial charge in [-0.15, -0.1) is 0 Å². The molecule has 1 aromatic rings. The van der Waals surface area contributed by atoms with E-state index < -0.39 is 0 Å². The molecule has 1 aliphatic carbocycles. The second kappa shape index (κ2) is 5.25. The fourth-order valence-electron chi connectivity index (χ4n) is 2.48. The van der Waals surface area contributed by atoms with Crippen molar-refractivity contribution in [2.75, 3.05) is 11.1 Å². The number of aromatic nitrogens is 1. The lowest BCUT2D eigenvalue weighted by Gasteiger charge is -2.22. The molecule has 1 aliphatic rings. The summed E-state index contributed by atoms with van der Waals surface area (Å²) in [7, 11) is 0. The Bertz CT molecular complexity index is 400. The van der Waals surface area contributed by atoms with Crippen LogP contribution < -0.4 is 11.1 Å². The van der Waals surface area contributed by atoms with Crippen LogP contribution in [0.3, 0.4) is 0 Å². The molecular weight excluding hydrogens is 278 g/mol. The van der Waals surface area contributed by atoms with E-state index >= 15 is 0 Å². The number of nitrogens with one attached hydrogen (secondary N) is 1. The third-order valence-corrected chi connectivity index (χ3v) is 4.74. The standard InChI is InChI=1S/C13H20BrN3/c1-8-11(15)7-16-13(12(8)14)17-9(2)10-5-3-4-6-10/h7,9-10H,3-6,15H2,1-2H3,(H,16,17). The Kier molecular flexibility index (Phi) is 3.92. The molecular formula is C13H20BrN3.